The van der Waals surface area contributed by atoms with Crippen LogP contribution < -0.4 is 20.7 Å². The summed E-state index contributed by atoms with van der Waals surface area (Å²) in [5.41, 5.74) is 0.766. The summed E-state index contributed by atoms with van der Waals surface area (Å²) in [5, 5.41) is 8.88. The number of amides is 4. The maximum Gasteiger partial charge on any atom is 0.325 e. The molecule has 1 aliphatic heterocycles. The third kappa shape index (κ3) is 5.64. The summed E-state index contributed by atoms with van der Waals surface area (Å²) in [4.78, 5) is 42.2. The van der Waals surface area contributed by atoms with Gasteiger partial charge < -0.3 is 20.3 Å². The summed E-state index contributed by atoms with van der Waals surface area (Å²) in [6.45, 7) is 2.08. The molecule has 1 aromatic carbocycles. The van der Waals surface area contributed by atoms with Gasteiger partial charge in [0.1, 0.15) is 17.3 Å². The minimum absolute atomic E-state index is 0.148. The molecule has 1 fully saturated rings. The Morgan fingerprint density at radius 2 is 1.85 bits per heavy atom. The van der Waals surface area contributed by atoms with E-state index in [9.17, 15) is 14.4 Å². The Bertz CT molecular complexity index is 1190. The molecule has 2 aromatic heterocycles. The zero-order valence-electron chi connectivity index (χ0n) is 19.0. The van der Waals surface area contributed by atoms with Crippen LogP contribution in [0.15, 0.2) is 48.8 Å². The van der Waals surface area contributed by atoms with Gasteiger partial charge in [-0.3, -0.25) is 14.7 Å². The van der Waals surface area contributed by atoms with E-state index in [2.05, 4.69) is 20.9 Å². The van der Waals surface area contributed by atoms with Gasteiger partial charge in [0.2, 0.25) is 5.91 Å². The van der Waals surface area contributed by atoms with Crippen LogP contribution in [0.25, 0.3) is 10.9 Å². The van der Waals surface area contributed by atoms with Crippen molar-refractivity contribution in [3.8, 4) is 11.5 Å². The second kappa shape index (κ2) is 10.7. The number of anilines is 1. The molecule has 0 atom stereocenters. The van der Waals surface area contributed by atoms with Crippen molar-refractivity contribution in [2.45, 2.75) is 25.7 Å². The molecule has 1 saturated heterocycles. The summed E-state index contributed by atoms with van der Waals surface area (Å²) in [5.74, 6) is 1.59. The lowest BCUT2D eigenvalue weighted by Gasteiger charge is -2.15. The van der Waals surface area contributed by atoms with Crippen molar-refractivity contribution in [3.05, 3.63) is 48.8 Å². The summed E-state index contributed by atoms with van der Waals surface area (Å²) in [7, 11) is 1.58. The monoisotopic (exact) mass is 464 g/mol. The van der Waals surface area contributed by atoms with Crippen LogP contribution in [0, 0.1) is 0 Å². The molecule has 3 aromatic rings. The van der Waals surface area contributed by atoms with E-state index < -0.39 is 6.03 Å². The van der Waals surface area contributed by atoms with Crippen LogP contribution in [0.4, 0.5) is 15.4 Å². The Morgan fingerprint density at radius 1 is 1.06 bits per heavy atom. The minimum Gasteiger partial charge on any atom is -0.457 e. The van der Waals surface area contributed by atoms with Gasteiger partial charge in [-0.2, -0.15) is 0 Å². The molecule has 4 rings (SSSR count). The van der Waals surface area contributed by atoms with E-state index in [1.165, 1.54) is 4.57 Å². The second-order valence-corrected chi connectivity index (χ2v) is 8.01. The number of benzene rings is 1. The lowest BCUT2D eigenvalue weighted by atomic mass is 10.2. The van der Waals surface area contributed by atoms with Crippen molar-refractivity contribution in [2.24, 2.45) is 0 Å². The van der Waals surface area contributed by atoms with Crippen LogP contribution in [0.3, 0.4) is 0 Å². The number of pyridine rings is 1. The van der Waals surface area contributed by atoms with Gasteiger partial charge in [0.15, 0.2) is 0 Å². The normalized spacial score (nSPS) is 13.0. The van der Waals surface area contributed by atoms with Crippen molar-refractivity contribution in [1.82, 2.24) is 25.1 Å². The first-order chi connectivity index (χ1) is 16.5. The zero-order valence-corrected chi connectivity index (χ0v) is 19.0. The molecule has 34 heavy (non-hydrogen) atoms. The minimum atomic E-state index is -0.393. The average Bonchev–Trinajstić information content (AvgIpc) is 3.52. The molecule has 178 valence electrons. The highest BCUT2D eigenvalue weighted by Gasteiger charge is 2.17. The van der Waals surface area contributed by atoms with Crippen LogP contribution in [0.5, 0.6) is 11.5 Å². The molecule has 10 heteroatoms. The SMILES string of the molecule is CNC(=O)n1ccc2cc(Oc3ccnc(NC(=O)NCCCC(=O)N4CCCC4)c3)ccc21. The molecule has 0 unspecified atom stereocenters. The van der Waals surface area contributed by atoms with Gasteiger partial charge in [-0.25, -0.2) is 14.6 Å². The molecular weight excluding hydrogens is 436 g/mol. The number of likely N-dealkylation sites (tertiary alicyclic amines) is 1. The lowest BCUT2D eigenvalue weighted by molar-refractivity contribution is -0.130. The number of urea groups is 1. The van der Waals surface area contributed by atoms with Crippen LogP contribution >= 0.6 is 0 Å². The van der Waals surface area contributed by atoms with Gasteiger partial charge in [0.05, 0.1) is 5.52 Å². The number of fused-ring (bicyclic) bond motifs is 1. The predicted molar refractivity (Wildman–Crippen MR) is 128 cm³/mol. The number of ether oxygens (including phenoxy) is 1. The van der Waals surface area contributed by atoms with E-state index in [0.29, 0.717) is 36.7 Å². The van der Waals surface area contributed by atoms with Crippen molar-refractivity contribution in [3.63, 3.8) is 0 Å². The largest absolute Gasteiger partial charge is 0.457 e. The average molecular weight is 465 g/mol. The summed E-state index contributed by atoms with van der Waals surface area (Å²) >= 11 is 0. The van der Waals surface area contributed by atoms with Gasteiger partial charge in [0, 0.05) is 56.9 Å². The fraction of sp³-hybridized carbons (Fsp3) is 0.333. The topological polar surface area (TPSA) is 118 Å². The molecule has 4 amide bonds. The highest BCUT2D eigenvalue weighted by atomic mass is 16.5. The number of hydrogen-bond donors (Lipinski definition) is 3. The van der Waals surface area contributed by atoms with E-state index in [-0.39, 0.29) is 11.9 Å². The zero-order chi connectivity index (χ0) is 23.9. The fourth-order valence-corrected chi connectivity index (χ4v) is 3.89. The molecule has 1 aliphatic rings. The van der Waals surface area contributed by atoms with Gasteiger partial charge in [-0.15, -0.1) is 0 Å². The number of nitrogens with one attached hydrogen (secondary N) is 3. The smallest absolute Gasteiger partial charge is 0.325 e. The van der Waals surface area contributed by atoms with Crippen LogP contribution in [-0.2, 0) is 4.79 Å². The van der Waals surface area contributed by atoms with Crippen LogP contribution in [-0.4, -0.2) is 59.1 Å². The van der Waals surface area contributed by atoms with E-state index in [1.54, 1.807) is 37.6 Å². The van der Waals surface area contributed by atoms with Gasteiger partial charge in [0.25, 0.3) is 0 Å². The van der Waals surface area contributed by atoms with E-state index >= 15 is 0 Å². The Labute approximate surface area is 197 Å². The molecule has 0 saturated carbocycles. The van der Waals surface area contributed by atoms with Crippen molar-refractivity contribution in [2.75, 3.05) is 32.0 Å². The van der Waals surface area contributed by atoms with Crippen molar-refractivity contribution < 1.29 is 19.1 Å². The number of carbonyl (C=O) groups is 3. The Hall–Kier alpha value is -4.08. The summed E-state index contributed by atoms with van der Waals surface area (Å²) in [6, 6.07) is 9.94. The molecule has 3 heterocycles. The molecular formula is C24H28N6O4. The Morgan fingerprint density at radius 3 is 2.65 bits per heavy atom. The van der Waals surface area contributed by atoms with E-state index in [0.717, 1.165) is 36.8 Å². The maximum absolute atomic E-state index is 12.2. The summed E-state index contributed by atoms with van der Waals surface area (Å²) < 4.78 is 7.44. The first-order valence-corrected chi connectivity index (χ1v) is 11.3. The number of nitrogens with zero attached hydrogens (tertiary/aromatic N) is 3. The van der Waals surface area contributed by atoms with Gasteiger partial charge in [-0.1, -0.05) is 0 Å². The number of aromatic nitrogens is 2. The third-order valence-corrected chi connectivity index (χ3v) is 5.61. The van der Waals surface area contributed by atoms with E-state index in [1.807, 2.05) is 23.1 Å². The van der Waals surface area contributed by atoms with Crippen molar-refractivity contribution in [1.29, 1.82) is 0 Å². The van der Waals surface area contributed by atoms with E-state index in [4.69, 9.17) is 4.74 Å². The molecule has 0 radical (unpaired) electrons. The first-order valence-electron chi connectivity index (χ1n) is 11.3. The highest BCUT2D eigenvalue weighted by molar-refractivity contribution is 5.92. The molecule has 0 aliphatic carbocycles. The number of carbonyl (C=O) groups excluding carboxylic acids is 3. The third-order valence-electron chi connectivity index (χ3n) is 5.61. The van der Waals surface area contributed by atoms with Crippen LogP contribution in [0.2, 0.25) is 0 Å². The first kappa shape index (κ1) is 23.1. The maximum atomic E-state index is 12.2. The number of hydrogen-bond acceptors (Lipinski definition) is 5. The Balaban J connectivity index is 1.28. The Kier molecular flexibility index (Phi) is 7.26. The lowest BCUT2D eigenvalue weighted by Crippen LogP contribution is -2.32. The molecule has 3 N–H and O–H groups in total. The molecule has 0 bridgehead atoms. The predicted octanol–water partition coefficient (Wildman–Crippen LogP) is 3.54. The van der Waals surface area contributed by atoms with Crippen LogP contribution in [0.1, 0.15) is 25.7 Å². The summed E-state index contributed by atoms with van der Waals surface area (Å²) in [6.07, 6.45) is 6.40. The molecule has 10 nitrogen and oxygen atoms in total. The quantitative estimate of drug-likeness (QED) is 0.462. The second-order valence-electron chi connectivity index (χ2n) is 8.01. The molecule has 0 spiro atoms. The van der Waals surface area contributed by atoms with Gasteiger partial charge >= 0.3 is 12.1 Å². The fourth-order valence-electron chi connectivity index (χ4n) is 3.89. The number of rotatable bonds is 7. The van der Waals surface area contributed by atoms with Crippen molar-refractivity contribution >= 4 is 34.7 Å². The van der Waals surface area contributed by atoms with Gasteiger partial charge in [-0.05, 0) is 49.6 Å². The highest BCUT2D eigenvalue weighted by Crippen LogP contribution is 2.27. The standard InChI is InChI=1S/C24H28N6O4/c1-25-24(33)30-14-9-17-15-18(6-7-20(17)30)34-19-8-11-26-21(16-19)28-23(32)27-10-4-5-22(31)29-12-2-3-13-29/h6-9,11,14-16H,2-5,10,12-13H2,1H3,(H,25,33)(H2,26,27,28,32).